The highest BCUT2D eigenvalue weighted by molar-refractivity contribution is 8.02. The van der Waals surface area contributed by atoms with Crippen molar-refractivity contribution in [2.45, 2.75) is 25.0 Å². The lowest BCUT2D eigenvalue weighted by molar-refractivity contribution is -0.123. The van der Waals surface area contributed by atoms with Gasteiger partial charge in [-0.25, -0.2) is 13.6 Å². The van der Waals surface area contributed by atoms with E-state index in [1.807, 2.05) is 0 Å². The van der Waals surface area contributed by atoms with Crippen molar-refractivity contribution < 1.29 is 23.5 Å². The van der Waals surface area contributed by atoms with Gasteiger partial charge in [-0.15, -0.1) is 11.3 Å². The Bertz CT molecular complexity index is 816. The van der Waals surface area contributed by atoms with Gasteiger partial charge in [0.2, 0.25) is 5.91 Å². The number of aromatic carboxylic acids is 1. The molecule has 0 radical (unpaired) electrons. The van der Waals surface area contributed by atoms with Gasteiger partial charge in [0.25, 0.3) is 0 Å². The highest BCUT2D eigenvalue weighted by atomic mass is 32.2. The Kier molecular flexibility index (Phi) is 5.69. The van der Waals surface area contributed by atoms with E-state index >= 15 is 0 Å². The van der Waals surface area contributed by atoms with E-state index in [1.54, 1.807) is 32.2 Å². The highest BCUT2D eigenvalue weighted by Gasteiger charge is 2.21. The first kappa shape index (κ1) is 19.2. The summed E-state index contributed by atoms with van der Waals surface area (Å²) in [5.74, 6) is -3.56. The molecule has 134 valence electrons. The average molecular weight is 386 g/mol. The summed E-state index contributed by atoms with van der Waals surface area (Å²) in [7, 11) is 0. The van der Waals surface area contributed by atoms with Gasteiger partial charge >= 0.3 is 5.97 Å². The monoisotopic (exact) mass is 386 g/mol. The second kappa shape index (κ2) is 7.40. The summed E-state index contributed by atoms with van der Waals surface area (Å²) in [5, 5.41) is 13.3. The van der Waals surface area contributed by atoms with Crippen molar-refractivity contribution in [3.05, 3.63) is 40.8 Å². The van der Waals surface area contributed by atoms with Gasteiger partial charge < -0.3 is 15.1 Å². The number of carboxylic acids is 1. The van der Waals surface area contributed by atoms with E-state index < -0.39 is 28.6 Å². The lowest BCUT2D eigenvalue weighted by Gasteiger charge is -2.16. The van der Waals surface area contributed by atoms with Crippen molar-refractivity contribution >= 4 is 46.5 Å². The van der Waals surface area contributed by atoms with Crippen molar-refractivity contribution in [1.29, 1.82) is 0 Å². The number of hydrogen-bond acceptors (Lipinski definition) is 5. The number of nitrogens with one attached hydrogen (secondary N) is 2. The minimum absolute atomic E-state index is 0.132. The van der Waals surface area contributed by atoms with Crippen LogP contribution in [0.3, 0.4) is 0 Å². The third-order valence-electron chi connectivity index (χ3n) is 3.06. The van der Waals surface area contributed by atoms with Crippen molar-refractivity contribution in [3.8, 4) is 0 Å². The second-order valence-corrected chi connectivity index (χ2v) is 8.20. The number of thiophene rings is 1. The first-order chi connectivity index (χ1) is 11.6. The molecule has 0 atom stereocenters. The first-order valence-corrected chi connectivity index (χ1v) is 8.82. The Balaban J connectivity index is 2.04. The van der Waals surface area contributed by atoms with Crippen molar-refractivity contribution in [3.63, 3.8) is 0 Å². The van der Waals surface area contributed by atoms with E-state index in [9.17, 15) is 18.4 Å². The van der Waals surface area contributed by atoms with Gasteiger partial charge in [-0.2, -0.15) is 0 Å². The largest absolute Gasteiger partial charge is 0.478 e. The third kappa shape index (κ3) is 4.93. The lowest BCUT2D eigenvalue weighted by atomic mass is 9.96. The fourth-order valence-electron chi connectivity index (χ4n) is 1.65. The number of benzene rings is 1. The van der Waals surface area contributed by atoms with Crippen LogP contribution in [0.1, 0.15) is 31.1 Å². The zero-order chi connectivity index (χ0) is 18.8. The maximum absolute atomic E-state index is 13.8. The highest BCUT2D eigenvalue weighted by Crippen LogP contribution is 2.32. The van der Waals surface area contributed by atoms with E-state index in [1.165, 1.54) is 11.3 Å². The molecule has 0 saturated carbocycles. The molecule has 0 bridgehead atoms. The van der Waals surface area contributed by atoms with E-state index in [2.05, 4.69) is 10.0 Å². The van der Waals surface area contributed by atoms with Gasteiger partial charge in [-0.05, 0) is 24.1 Å². The first-order valence-electron chi connectivity index (χ1n) is 7.13. The molecule has 1 aromatic heterocycles. The van der Waals surface area contributed by atoms with Gasteiger partial charge in [-0.1, -0.05) is 20.8 Å². The number of carbonyl (C=O) groups excluding carboxylic acids is 1. The van der Waals surface area contributed by atoms with E-state index in [0.29, 0.717) is 16.0 Å². The Hall–Kier alpha value is -2.13. The molecule has 9 heteroatoms. The summed E-state index contributed by atoms with van der Waals surface area (Å²) >= 11 is 2.34. The van der Waals surface area contributed by atoms with Crippen LogP contribution in [0.2, 0.25) is 0 Å². The van der Waals surface area contributed by atoms with E-state index in [-0.39, 0.29) is 11.6 Å². The summed E-state index contributed by atoms with van der Waals surface area (Å²) in [6.07, 6.45) is 0. The molecule has 0 spiro atoms. The Labute approximate surface area is 151 Å². The molecule has 0 fully saturated rings. The summed E-state index contributed by atoms with van der Waals surface area (Å²) in [5.41, 5.74) is -0.806. The fourth-order valence-corrected chi connectivity index (χ4v) is 3.23. The van der Waals surface area contributed by atoms with Gasteiger partial charge in [0, 0.05) is 16.9 Å². The minimum Gasteiger partial charge on any atom is -0.478 e. The number of hydrogen-bond donors (Lipinski definition) is 3. The van der Waals surface area contributed by atoms with Crippen LogP contribution in [0.25, 0.3) is 0 Å². The number of anilines is 2. The zero-order valence-electron chi connectivity index (χ0n) is 13.6. The molecule has 25 heavy (non-hydrogen) atoms. The van der Waals surface area contributed by atoms with Gasteiger partial charge in [0.15, 0.2) is 0 Å². The topological polar surface area (TPSA) is 78.4 Å². The predicted octanol–water partition coefficient (Wildman–Crippen LogP) is 4.83. The van der Waals surface area contributed by atoms with Crippen molar-refractivity contribution in [1.82, 2.24) is 0 Å². The molecular weight excluding hydrogens is 370 g/mol. The maximum atomic E-state index is 13.8. The fraction of sp³-hybridized carbons (Fsp3) is 0.250. The van der Waals surface area contributed by atoms with Crippen LogP contribution in [0.15, 0.2) is 27.8 Å². The molecule has 0 aliphatic heterocycles. The molecular formula is C16H16F2N2O3S2. The van der Waals surface area contributed by atoms with Gasteiger partial charge in [-0.3, -0.25) is 4.79 Å². The Morgan fingerprint density at radius 2 is 1.84 bits per heavy atom. The van der Waals surface area contributed by atoms with Crippen LogP contribution in [-0.4, -0.2) is 17.0 Å². The quantitative estimate of drug-likeness (QED) is 0.642. The molecule has 0 aliphatic carbocycles. The van der Waals surface area contributed by atoms with Gasteiger partial charge in [0.1, 0.15) is 11.6 Å². The minimum atomic E-state index is -1.53. The number of amides is 1. The summed E-state index contributed by atoms with van der Waals surface area (Å²) in [4.78, 5) is 22.7. The van der Waals surface area contributed by atoms with Crippen LogP contribution in [0.4, 0.5) is 20.2 Å². The van der Waals surface area contributed by atoms with Gasteiger partial charge in [0.05, 0.1) is 21.1 Å². The average Bonchev–Trinajstić information content (AvgIpc) is 2.94. The summed E-state index contributed by atoms with van der Waals surface area (Å²) in [6.45, 7) is 5.39. The van der Waals surface area contributed by atoms with Crippen LogP contribution in [0, 0.1) is 17.0 Å². The molecule has 2 rings (SSSR count). The molecule has 0 saturated heterocycles. The molecule has 0 unspecified atom stereocenters. The molecule has 1 heterocycles. The second-order valence-electron chi connectivity index (χ2n) is 6.18. The molecule has 1 aromatic carbocycles. The van der Waals surface area contributed by atoms with E-state index in [4.69, 9.17) is 5.11 Å². The van der Waals surface area contributed by atoms with Crippen LogP contribution in [0.5, 0.6) is 0 Å². The molecule has 5 nitrogen and oxygen atoms in total. The Morgan fingerprint density at radius 1 is 1.16 bits per heavy atom. The number of carboxylic acid groups (broad SMARTS) is 1. The summed E-state index contributed by atoms with van der Waals surface area (Å²) in [6, 6.07) is 3.12. The molecule has 2 aromatic rings. The third-order valence-corrected chi connectivity index (χ3v) is 4.96. The number of rotatable bonds is 5. The lowest BCUT2D eigenvalue weighted by Crippen LogP contribution is -2.27. The van der Waals surface area contributed by atoms with Crippen LogP contribution < -0.4 is 10.0 Å². The SMILES string of the molecule is CC(C)(C)C(=O)Nc1csc(SNc2cc(F)c(C(=O)O)cc2F)c1. The Morgan fingerprint density at radius 3 is 2.44 bits per heavy atom. The predicted molar refractivity (Wildman–Crippen MR) is 95.2 cm³/mol. The molecule has 3 N–H and O–H groups in total. The zero-order valence-corrected chi connectivity index (χ0v) is 15.3. The summed E-state index contributed by atoms with van der Waals surface area (Å²) < 4.78 is 30.8. The normalized spacial score (nSPS) is 11.2. The standard InChI is InChI=1S/C16H16F2N2O3S2/c1-16(2,3)15(23)19-8-4-13(24-7-8)25-20-12-6-10(17)9(14(21)22)5-11(12)18/h4-7,20H,1-3H3,(H,19,23)(H,21,22). The van der Waals surface area contributed by atoms with Crippen LogP contribution >= 0.6 is 23.3 Å². The number of carbonyl (C=O) groups is 2. The van der Waals surface area contributed by atoms with Crippen molar-refractivity contribution in [2.75, 3.05) is 10.0 Å². The molecule has 1 amide bonds. The maximum Gasteiger partial charge on any atom is 0.338 e. The van der Waals surface area contributed by atoms with Crippen LogP contribution in [-0.2, 0) is 4.79 Å². The molecule has 0 aliphatic rings. The van der Waals surface area contributed by atoms with Crippen molar-refractivity contribution in [2.24, 2.45) is 5.41 Å². The smallest absolute Gasteiger partial charge is 0.338 e. The van der Waals surface area contributed by atoms with E-state index in [0.717, 1.165) is 18.0 Å². The number of halogens is 2.